The van der Waals surface area contributed by atoms with E-state index in [4.69, 9.17) is 34.0 Å². The Kier molecular flexibility index (Phi) is 4.41. The summed E-state index contributed by atoms with van der Waals surface area (Å²) in [4.78, 5) is 11.6. The molecule has 0 spiro atoms. The molecule has 6 heteroatoms. The number of nitrogens with two attached hydrogens (primary N) is 1. The van der Waals surface area contributed by atoms with E-state index in [0.29, 0.717) is 5.56 Å². The highest BCUT2D eigenvalue weighted by Gasteiger charge is 2.12. The maximum Gasteiger partial charge on any atom is 0.251 e. The summed E-state index contributed by atoms with van der Waals surface area (Å²) in [5, 5.41) is 11.8. The van der Waals surface area contributed by atoms with Crippen LogP contribution in [0.2, 0.25) is 10.0 Å². The van der Waals surface area contributed by atoms with Crippen LogP contribution in [0, 0.1) is 0 Å². The number of amides is 1. The molecule has 0 saturated carbocycles. The van der Waals surface area contributed by atoms with Gasteiger partial charge in [0.15, 0.2) is 0 Å². The first-order valence-corrected chi connectivity index (χ1v) is 5.37. The van der Waals surface area contributed by atoms with Gasteiger partial charge in [-0.15, -0.1) is 0 Å². The Labute approximate surface area is 103 Å². The van der Waals surface area contributed by atoms with Crippen LogP contribution in [0.3, 0.4) is 0 Å². The first-order valence-electron chi connectivity index (χ1n) is 4.62. The minimum atomic E-state index is -0.356. The number of hydrogen-bond donors (Lipinski definition) is 3. The lowest BCUT2D eigenvalue weighted by atomic mass is 10.2. The van der Waals surface area contributed by atoms with Gasteiger partial charge in [-0.05, 0) is 19.1 Å². The smallest absolute Gasteiger partial charge is 0.251 e. The van der Waals surface area contributed by atoms with Crippen LogP contribution < -0.4 is 11.1 Å². The van der Waals surface area contributed by atoms with Crippen molar-refractivity contribution in [2.24, 2.45) is 0 Å². The quantitative estimate of drug-likeness (QED) is 0.726. The Morgan fingerprint density at radius 1 is 1.50 bits per heavy atom. The minimum Gasteiger partial charge on any atom is -0.396 e. The van der Waals surface area contributed by atoms with Crippen molar-refractivity contribution in [3.05, 3.63) is 27.7 Å². The van der Waals surface area contributed by atoms with Gasteiger partial charge in [0.2, 0.25) is 0 Å². The largest absolute Gasteiger partial charge is 0.396 e. The Morgan fingerprint density at radius 3 is 2.44 bits per heavy atom. The second-order valence-electron chi connectivity index (χ2n) is 3.41. The van der Waals surface area contributed by atoms with Crippen LogP contribution in [-0.2, 0) is 0 Å². The molecule has 4 nitrogen and oxygen atoms in total. The van der Waals surface area contributed by atoms with E-state index in [1.54, 1.807) is 6.92 Å². The second kappa shape index (κ2) is 5.39. The number of carbonyl (C=O) groups excluding carboxylic acids is 1. The van der Waals surface area contributed by atoms with Gasteiger partial charge in [0.05, 0.1) is 22.3 Å². The number of aliphatic hydroxyl groups is 1. The van der Waals surface area contributed by atoms with Crippen LogP contribution in [0.1, 0.15) is 17.3 Å². The van der Waals surface area contributed by atoms with Crippen molar-refractivity contribution in [2.45, 2.75) is 13.0 Å². The maximum atomic E-state index is 11.6. The van der Waals surface area contributed by atoms with Gasteiger partial charge in [0, 0.05) is 11.6 Å². The number of nitrogens with one attached hydrogen (secondary N) is 1. The summed E-state index contributed by atoms with van der Waals surface area (Å²) < 4.78 is 0. The number of rotatable bonds is 3. The fourth-order valence-electron chi connectivity index (χ4n) is 1.07. The Hall–Kier alpha value is -0.970. The fraction of sp³-hybridized carbons (Fsp3) is 0.300. The van der Waals surface area contributed by atoms with Crippen molar-refractivity contribution in [3.63, 3.8) is 0 Å². The molecule has 0 bridgehead atoms. The van der Waals surface area contributed by atoms with Crippen molar-refractivity contribution < 1.29 is 9.90 Å². The third kappa shape index (κ3) is 3.01. The zero-order chi connectivity index (χ0) is 12.3. The van der Waals surface area contributed by atoms with Crippen molar-refractivity contribution in [1.29, 1.82) is 0 Å². The number of halogens is 2. The van der Waals surface area contributed by atoms with Crippen LogP contribution in [0.15, 0.2) is 12.1 Å². The lowest BCUT2D eigenvalue weighted by Crippen LogP contribution is -2.35. The predicted molar refractivity (Wildman–Crippen MR) is 64.9 cm³/mol. The molecule has 1 aromatic carbocycles. The zero-order valence-electron chi connectivity index (χ0n) is 8.63. The van der Waals surface area contributed by atoms with Crippen molar-refractivity contribution >= 4 is 34.8 Å². The van der Waals surface area contributed by atoms with Crippen LogP contribution >= 0.6 is 23.2 Å². The van der Waals surface area contributed by atoms with Crippen molar-refractivity contribution in [2.75, 3.05) is 12.3 Å². The number of aliphatic hydroxyl groups excluding tert-OH is 1. The van der Waals surface area contributed by atoms with Gasteiger partial charge in [-0.25, -0.2) is 0 Å². The van der Waals surface area contributed by atoms with E-state index < -0.39 is 0 Å². The van der Waals surface area contributed by atoms with Crippen molar-refractivity contribution in [3.8, 4) is 0 Å². The standard InChI is InChI=1S/C10H12Cl2N2O2/c1-5(4-15)14-10(16)6-2-7(11)9(13)8(12)3-6/h2-3,5,15H,4,13H2,1H3,(H,14,16). The van der Waals surface area contributed by atoms with Gasteiger partial charge >= 0.3 is 0 Å². The molecule has 16 heavy (non-hydrogen) atoms. The monoisotopic (exact) mass is 262 g/mol. The van der Waals surface area contributed by atoms with Gasteiger partial charge in [0.1, 0.15) is 0 Å². The molecular formula is C10H12Cl2N2O2. The normalized spacial score (nSPS) is 12.2. The molecule has 0 aliphatic heterocycles. The molecule has 4 N–H and O–H groups in total. The summed E-state index contributed by atoms with van der Waals surface area (Å²) in [6.45, 7) is 1.54. The average Bonchev–Trinajstić information content (AvgIpc) is 2.24. The molecule has 88 valence electrons. The Morgan fingerprint density at radius 2 is 2.00 bits per heavy atom. The summed E-state index contributed by atoms with van der Waals surface area (Å²) in [6, 6.07) is 2.53. The zero-order valence-corrected chi connectivity index (χ0v) is 10.1. The molecule has 1 amide bonds. The van der Waals surface area contributed by atoms with E-state index in [-0.39, 0.29) is 34.3 Å². The van der Waals surface area contributed by atoms with Crippen LogP contribution in [-0.4, -0.2) is 23.7 Å². The van der Waals surface area contributed by atoms with E-state index >= 15 is 0 Å². The molecule has 0 aliphatic carbocycles. The average molecular weight is 263 g/mol. The lowest BCUT2D eigenvalue weighted by molar-refractivity contribution is 0.0922. The SMILES string of the molecule is CC(CO)NC(=O)c1cc(Cl)c(N)c(Cl)c1. The van der Waals surface area contributed by atoms with Crippen LogP contribution in [0.5, 0.6) is 0 Å². The van der Waals surface area contributed by atoms with Crippen LogP contribution in [0.4, 0.5) is 5.69 Å². The third-order valence-corrected chi connectivity index (χ3v) is 2.62. The molecule has 0 saturated heterocycles. The van der Waals surface area contributed by atoms with Gasteiger partial charge in [-0.1, -0.05) is 23.2 Å². The molecule has 0 aromatic heterocycles. The Bertz CT molecular complexity index is 387. The lowest BCUT2D eigenvalue weighted by Gasteiger charge is -2.11. The highest BCUT2D eigenvalue weighted by atomic mass is 35.5. The van der Waals surface area contributed by atoms with Gasteiger partial charge in [-0.2, -0.15) is 0 Å². The molecule has 1 rings (SSSR count). The molecule has 1 atom stereocenters. The molecular weight excluding hydrogens is 251 g/mol. The highest BCUT2D eigenvalue weighted by Crippen LogP contribution is 2.28. The molecule has 1 unspecified atom stereocenters. The number of benzene rings is 1. The number of carbonyl (C=O) groups is 1. The third-order valence-electron chi connectivity index (χ3n) is 1.99. The molecule has 0 radical (unpaired) electrons. The molecule has 1 aromatic rings. The van der Waals surface area contributed by atoms with Gasteiger partial charge < -0.3 is 16.2 Å². The van der Waals surface area contributed by atoms with E-state index in [1.807, 2.05) is 0 Å². The number of nitrogen functional groups attached to an aromatic ring is 1. The van der Waals surface area contributed by atoms with E-state index in [2.05, 4.69) is 5.32 Å². The minimum absolute atomic E-state index is 0.137. The Balaban J connectivity index is 2.93. The predicted octanol–water partition coefficient (Wildman–Crippen LogP) is 1.69. The highest BCUT2D eigenvalue weighted by molar-refractivity contribution is 6.39. The summed E-state index contributed by atoms with van der Waals surface area (Å²) in [6.07, 6.45) is 0. The molecule has 0 aliphatic rings. The molecule has 0 fully saturated rings. The summed E-state index contributed by atoms with van der Waals surface area (Å²) in [5.41, 5.74) is 6.10. The molecule has 0 heterocycles. The summed E-state index contributed by atoms with van der Waals surface area (Å²) in [7, 11) is 0. The number of hydrogen-bond acceptors (Lipinski definition) is 3. The van der Waals surface area contributed by atoms with Crippen molar-refractivity contribution in [1.82, 2.24) is 5.32 Å². The first-order chi connectivity index (χ1) is 7.45. The van der Waals surface area contributed by atoms with E-state index in [9.17, 15) is 4.79 Å². The van der Waals surface area contributed by atoms with Crippen LogP contribution in [0.25, 0.3) is 0 Å². The number of anilines is 1. The van der Waals surface area contributed by atoms with E-state index in [0.717, 1.165) is 0 Å². The first kappa shape index (κ1) is 13.1. The summed E-state index contributed by atoms with van der Waals surface area (Å²) >= 11 is 11.6. The topological polar surface area (TPSA) is 75.3 Å². The fourth-order valence-corrected chi connectivity index (χ4v) is 1.56. The maximum absolute atomic E-state index is 11.6. The van der Waals surface area contributed by atoms with Gasteiger partial charge in [0.25, 0.3) is 5.91 Å². The summed E-state index contributed by atoms with van der Waals surface area (Å²) in [5.74, 6) is -0.356. The second-order valence-corrected chi connectivity index (χ2v) is 4.23. The van der Waals surface area contributed by atoms with E-state index in [1.165, 1.54) is 12.1 Å². The van der Waals surface area contributed by atoms with Gasteiger partial charge in [-0.3, -0.25) is 4.79 Å².